The number of nitrogens with zero attached hydrogens (tertiary/aromatic N) is 2. The molecule has 0 aliphatic carbocycles. The van der Waals surface area contributed by atoms with Crippen molar-refractivity contribution in [2.45, 2.75) is 6.54 Å². The Kier molecular flexibility index (Phi) is 3.27. The molecule has 0 unspecified atom stereocenters. The zero-order valence-electron chi connectivity index (χ0n) is 9.63. The number of oxazole rings is 1. The van der Waals surface area contributed by atoms with Gasteiger partial charge in [-0.25, -0.2) is 9.18 Å². The van der Waals surface area contributed by atoms with Crippen molar-refractivity contribution in [3.63, 3.8) is 0 Å². The minimum atomic E-state index is -1.16. The minimum Gasteiger partial charge on any atom is -0.476 e. The van der Waals surface area contributed by atoms with Gasteiger partial charge in [-0.15, -0.1) is 0 Å². The highest BCUT2D eigenvalue weighted by Gasteiger charge is 2.14. The fourth-order valence-electron chi connectivity index (χ4n) is 1.49. The van der Waals surface area contributed by atoms with Gasteiger partial charge in [0.2, 0.25) is 0 Å². The van der Waals surface area contributed by atoms with Gasteiger partial charge in [0.25, 0.3) is 6.01 Å². The molecular formula is C12H11FN2O3. The van der Waals surface area contributed by atoms with E-state index in [9.17, 15) is 9.18 Å². The van der Waals surface area contributed by atoms with Crippen LogP contribution in [0, 0.1) is 5.82 Å². The SMILES string of the molecule is CN(Cc1ccccc1F)c1nc(C(=O)O)co1. The van der Waals surface area contributed by atoms with Crippen LogP contribution in [0.15, 0.2) is 34.9 Å². The van der Waals surface area contributed by atoms with Crippen molar-refractivity contribution < 1.29 is 18.7 Å². The number of rotatable bonds is 4. The Bertz CT molecular complexity index is 568. The largest absolute Gasteiger partial charge is 0.476 e. The summed E-state index contributed by atoms with van der Waals surface area (Å²) in [5.74, 6) is -1.49. The predicted octanol–water partition coefficient (Wildman–Crippen LogP) is 2.15. The van der Waals surface area contributed by atoms with Crippen LogP contribution in [0.2, 0.25) is 0 Å². The molecule has 2 rings (SSSR count). The molecule has 0 radical (unpaired) electrons. The fraction of sp³-hybridized carbons (Fsp3) is 0.167. The number of hydrogen-bond donors (Lipinski definition) is 1. The maximum atomic E-state index is 13.4. The van der Waals surface area contributed by atoms with E-state index in [0.29, 0.717) is 5.56 Å². The molecule has 1 heterocycles. The van der Waals surface area contributed by atoms with E-state index in [2.05, 4.69) is 4.98 Å². The standard InChI is InChI=1S/C12H11FN2O3/c1-15(6-8-4-2-3-5-9(8)13)12-14-10(7-18-12)11(16)17/h2-5,7H,6H2,1H3,(H,16,17). The molecule has 1 aromatic carbocycles. The van der Waals surface area contributed by atoms with Gasteiger partial charge in [-0.1, -0.05) is 18.2 Å². The van der Waals surface area contributed by atoms with Gasteiger partial charge in [-0.3, -0.25) is 0 Å². The Morgan fingerprint density at radius 3 is 2.83 bits per heavy atom. The molecule has 1 N–H and O–H groups in total. The number of benzene rings is 1. The van der Waals surface area contributed by atoms with Crippen LogP contribution < -0.4 is 4.90 Å². The van der Waals surface area contributed by atoms with Crippen LogP contribution in [0.3, 0.4) is 0 Å². The summed E-state index contributed by atoms with van der Waals surface area (Å²) in [6.07, 6.45) is 1.05. The van der Waals surface area contributed by atoms with Crippen molar-refractivity contribution in [3.8, 4) is 0 Å². The van der Waals surface area contributed by atoms with Crippen LogP contribution in [-0.4, -0.2) is 23.1 Å². The van der Waals surface area contributed by atoms with E-state index < -0.39 is 5.97 Å². The summed E-state index contributed by atoms with van der Waals surface area (Å²) in [6, 6.07) is 6.47. The third kappa shape index (κ3) is 2.48. The summed E-state index contributed by atoms with van der Waals surface area (Å²) in [4.78, 5) is 16.0. The van der Waals surface area contributed by atoms with E-state index in [1.807, 2.05) is 0 Å². The smallest absolute Gasteiger partial charge is 0.357 e. The van der Waals surface area contributed by atoms with Gasteiger partial charge >= 0.3 is 5.97 Å². The summed E-state index contributed by atoms with van der Waals surface area (Å²) in [6.45, 7) is 0.242. The zero-order chi connectivity index (χ0) is 13.1. The summed E-state index contributed by atoms with van der Waals surface area (Å²) in [5.41, 5.74) is 0.306. The molecular weight excluding hydrogens is 239 g/mol. The lowest BCUT2D eigenvalue weighted by atomic mass is 10.2. The minimum absolute atomic E-state index is 0.135. The predicted molar refractivity (Wildman–Crippen MR) is 62.0 cm³/mol. The maximum Gasteiger partial charge on any atom is 0.357 e. The molecule has 0 saturated carbocycles. The topological polar surface area (TPSA) is 66.6 Å². The van der Waals surface area contributed by atoms with Crippen LogP contribution in [0.1, 0.15) is 16.1 Å². The first-order chi connectivity index (χ1) is 8.58. The normalized spacial score (nSPS) is 10.3. The average Bonchev–Trinajstić information content (AvgIpc) is 2.81. The second kappa shape index (κ2) is 4.87. The Morgan fingerprint density at radius 1 is 1.50 bits per heavy atom. The van der Waals surface area contributed by atoms with Gasteiger partial charge in [0.15, 0.2) is 5.69 Å². The molecule has 0 atom stereocenters. The molecule has 0 amide bonds. The van der Waals surface area contributed by atoms with Crippen LogP contribution >= 0.6 is 0 Å². The van der Waals surface area contributed by atoms with Crippen LogP contribution in [0.5, 0.6) is 0 Å². The van der Waals surface area contributed by atoms with Crippen molar-refractivity contribution in [2.75, 3.05) is 11.9 Å². The molecule has 0 fully saturated rings. The quantitative estimate of drug-likeness (QED) is 0.900. The number of hydrogen-bond acceptors (Lipinski definition) is 4. The molecule has 94 valence electrons. The maximum absolute atomic E-state index is 13.4. The first kappa shape index (κ1) is 12.1. The molecule has 0 aliphatic rings. The Balaban J connectivity index is 2.14. The van der Waals surface area contributed by atoms with E-state index in [1.165, 1.54) is 11.0 Å². The van der Waals surface area contributed by atoms with Crippen molar-refractivity contribution in [2.24, 2.45) is 0 Å². The summed E-state index contributed by atoms with van der Waals surface area (Å²) < 4.78 is 18.4. The Labute approximate surface area is 102 Å². The number of anilines is 1. The highest BCUT2D eigenvalue weighted by molar-refractivity contribution is 5.85. The highest BCUT2D eigenvalue weighted by Crippen LogP contribution is 2.16. The number of carboxylic acids is 1. The van der Waals surface area contributed by atoms with Gasteiger partial charge in [0, 0.05) is 19.2 Å². The van der Waals surface area contributed by atoms with Crippen LogP contribution in [0.25, 0.3) is 0 Å². The van der Waals surface area contributed by atoms with E-state index in [4.69, 9.17) is 9.52 Å². The van der Waals surface area contributed by atoms with Crippen molar-refractivity contribution in [1.29, 1.82) is 0 Å². The lowest BCUT2D eigenvalue weighted by Gasteiger charge is -2.14. The van der Waals surface area contributed by atoms with Gasteiger partial charge in [-0.2, -0.15) is 4.98 Å². The molecule has 0 bridgehead atoms. The van der Waals surface area contributed by atoms with Crippen molar-refractivity contribution in [1.82, 2.24) is 4.98 Å². The molecule has 0 aliphatic heterocycles. The lowest BCUT2D eigenvalue weighted by molar-refractivity contribution is 0.0690. The van der Waals surface area contributed by atoms with Gasteiger partial charge < -0.3 is 14.4 Å². The Hall–Kier alpha value is -2.37. The van der Waals surface area contributed by atoms with E-state index >= 15 is 0 Å². The Morgan fingerprint density at radius 2 is 2.22 bits per heavy atom. The molecule has 2 aromatic rings. The van der Waals surface area contributed by atoms with Crippen LogP contribution in [0.4, 0.5) is 10.4 Å². The van der Waals surface area contributed by atoms with E-state index in [0.717, 1.165) is 6.26 Å². The van der Waals surface area contributed by atoms with Gasteiger partial charge in [0.05, 0.1) is 0 Å². The molecule has 5 nitrogen and oxygen atoms in total. The monoisotopic (exact) mass is 250 g/mol. The number of carbonyl (C=O) groups is 1. The summed E-state index contributed by atoms with van der Waals surface area (Å²) in [7, 11) is 1.64. The first-order valence-corrected chi connectivity index (χ1v) is 5.21. The fourth-order valence-corrected chi connectivity index (χ4v) is 1.49. The molecule has 18 heavy (non-hydrogen) atoms. The summed E-state index contributed by atoms with van der Waals surface area (Å²) >= 11 is 0. The van der Waals surface area contributed by atoms with Gasteiger partial charge in [0.1, 0.15) is 12.1 Å². The third-order valence-corrected chi connectivity index (χ3v) is 2.40. The number of carboxylic acid groups (broad SMARTS) is 1. The first-order valence-electron chi connectivity index (χ1n) is 5.21. The second-order valence-electron chi connectivity index (χ2n) is 3.77. The average molecular weight is 250 g/mol. The van der Waals surface area contributed by atoms with E-state index in [1.54, 1.807) is 25.2 Å². The molecule has 0 saturated heterocycles. The molecule has 6 heteroatoms. The van der Waals surface area contributed by atoms with E-state index in [-0.39, 0.29) is 24.1 Å². The van der Waals surface area contributed by atoms with Gasteiger partial charge in [-0.05, 0) is 6.07 Å². The number of aromatic carboxylic acids is 1. The third-order valence-electron chi connectivity index (χ3n) is 2.40. The lowest BCUT2D eigenvalue weighted by Crippen LogP contribution is -2.17. The molecule has 1 aromatic heterocycles. The number of aromatic nitrogens is 1. The summed E-state index contributed by atoms with van der Waals surface area (Å²) in [5, 5.41) is 8.71. The van der Waals surface area contributed by atoms with Crippen molar-refractivity contribution in [3.05, 3.63) is 47.6 Å². The molecule has 0 spiro atoms. The second-order valence-corrected chi connectivity index (χ2v) is 3.77. The highest BCUT2D eigenvalue weighted by atomic mass is 19.1. The van der Waals surface area contributed by atoms with Crippen molar-refractivity contribution >= 4 is 12.0 Å². The zero-order valence-corrected chi connectivity index (χ0v) is 9.63. The number of halogens is 1. The van der Waals surface area contributed by atoms with Crippen LogP contribution in [-0.2, 0) is 6.54 Å².